The lowest BCUT2D eigenvalue weighted by Crippen LogP contribution is -2.14. The smallest absolute Gasteiger partial charge is 0.0294 e. The van der Waals surface area contributed by atoms with Crippen LogP contribution in [0.1, 0.15) is 76.0 Å². The van der Waals surface area contributed by atoms with Gasteiger partial charge in [-0.3, -0.25) is 0 Å². The van der Waals surface area contributed by atoms with Crippen LogP contribution in [0.25, 0.3) is 0 Å². The van der Waals surface area contributed by atoms with Gasteiger partial charge in [0, 0.05) is 6.04 Å². The molecular weight excluding hydrogens is 242 g/mol. The number of hydrogen-bond acceptors (Lipinski definition) is 1. The van der Waals surface area contributed by atoms with Crippen molar-refractivity contribution in [2.24, 2.45) is 17.6 Å². The Bertz CT molecular complexity index is 373. The summed E-state index contributed by atoms with van der Waals surface area (Å²) in [6, 6.07) is 9.22. The van der Waals surface area contributed by atoms with Gasteiger partial charge in [-0.05, 0) is 42.2 Å². The molecule has 1 aliphatic carbocycles. The van der Waals surface area contributed by atoms with Gasteiger partial charge in [0.15, 0.2) is 0 Å². The van der Waals surface area contributed by atoms with Crippen LogP contribution in [0.15, 0.2) is 24.3 Å². The Morgan fingerprint density at radius 3 is 2.30 bits per heavy atom. The molecule has 0 saturated heterocycles. The first-order valence-corrected chi connectivity index (χ1v) is 8.49. The first-order chi connectivity index (χ1) is 9.65. The van der Waals surface area contributed by atoms with Gasteiger partial charge in [-0.1, -0.05) is 70.2 Å². The summed E-state index contributed by atoms with van der Waals surface area (Å²) in [7, 11) is 0. The molecule has 1 saturated carbocycles. The van der Waals surface area contributed by atoms with Crippen LogP contribution in [0.5, 0.6) is 0 Å². The highest BCUT2D eigenvalue weighted by Crippen LogP contribution is 2.29. The molecular formula is C19H31N. The van der Waals surface area contributed by atoms with Crippen molar-refractivity contribution < 1.29 is 0 Å². The quantitative estimate of drug-likeness (QED) is 0.753. The van der Waals surface area contributed by atoms with E-state index in [9.17, 15) is 0 Å². The predicted molar refractivity (Wildman–Crippen MR) is 87.7 cm³/mol. The molecule has 1 aliphatic rings. The topological polar surface area (TPSA) is 26.0 Å². The van der Waals surface area contributed by atoms with E-state index in [0.29, 0.717) is 0 Å². The third-order valence-electron chi connectivity index (χ3n) is 4.66. The van der Waals surface area contributed by atoms with Crippen molar-refractivity contribution in [2.75, 3.05) is 0 Å². The summed E-state index contributed by atoms with van der Waals surface area (Å²) in [5, 5.41) is 0. The minimum Gasteiger partial charge on any atom is -0.324 e. The molecule has 0 amide bonds. The summed E-state index contributed by atoms with van der Waals surface area (Å²) < 4.78 is 0. The predicted octanol–water partition coefficient (Wildman–Crippen LogP) is 5.25. The maximum atomic E-state index is 6.36. The molecule has 0 heterocycles. The van der Waals surface area contributed by atoms with Gasteiger partial charge in [-0.2, -0.15) is 0 Å². The van der Waals surface area contributed by atoms with Crippen LogP contribution < -0.4 is 5.73 Å². The molecule has 1 unspecified atom stereocenters. The number of rotatable bonds is 6. The average molecular weight is 273 g/mol. The van der Waals surface area contributed by atoms with Crippen molar-refractivity contribution in [1.82, 2.24) is 0 Å². The molecule has 1 fully saturated rings. The molecule has 0 radical (unpaired) electrons. The Morgan fingerprint density at radius 1 is 1.05 bits per heavy atom. The highest BCUT2D eigenvalue weighted by molar-refractivity contribution is 5.25. The van der Waals surface area contributed by atoms with Crippen LogP contribution >= 0.6 is 0 Å². The monoisotopic (exact) mass is 273 g/mol. The molecule has 0 bridgehead atoms. The summed E-state index contributed by atoms with van der Waals surface area (Å²) in [6.45, 7) is 4.54. The van der Waals surface area contributed by atoms with Crippen LogP contribution in [-0.4, -0.2) is 0 Å². The Hall–Kier alpha value is -0.820. The summed E-state index contributed by atoms with van der Waals surface area (Å²) in [5.41, 5.74) is 9.11. The van der Waals surface area contributed by atoms with Gasteiger partial charge < -0.3 is 5.73 Å². The Kier molecular flexibility index (Phi) is 6.09. The first kappa shape index (κ1) is 15.6. The van der Waals surface area contributed by atoms with Crippen LogP contribution in [0.3, 0.4) is 0 Å². The molecule has 1 atom stereocenters. The van der Waals surface area contributed by atoms with Crippen LogP contribution in [-0.2, 0) is 6.42 Å². The van der Waals surface area contributed by atoms with Crippen LogP contribution in [0.2, 0.25) is 0 Å². The summed E-state index contributed by atoms with van der Waals surface area (Å²) in [4.78, 5) is 0. The molecule has 1 nitrogen and oxygen atoms in total. The minimum atomic E-state index is 0.227. The number of nitrogens with two attached hydrogens (primary N) is 1. The maximum absolute atomic E-state index is 6.36. The highest BCUT2D eigenvalue weighted by atomic mass is 14.6. The molecule has 1 heteroatoms. The van der Waals surface area contributed by atoms with E-state index in [-0.39, 0.29) is 6.04 Å². The van der Waals surface area contributed by atoms with Crippen molar-refractivity contribution >= 4 is 0 Å². The Balaban J connectivity index is 1.80. The number of benzene rings is 1. The molecule has 20 heavy (non-hydrogen) atoms. The van der Waals surface area contributed by atoms with Crippen molar-refractivity contribution in [1.29, 1.82) is 0 Å². The molecule has 112 valence electrons. The molecule has 1 aromatic carbocycles. The Morgan fingerprint density at radius 2 is 1.70 bits per heavy atom. The fourth-order valence-electron chi connectivity index (χ4n) is 3.43. The van der Waals surface area contributed by atoms with E-state index in [1.54, 1.807) is 0 Å². The molecule has 2 N–H and O–H groups in total. The van der Waals surface area contributed by atoms with Crippen molar-refractivity contribution in [3.8, 4) is 0 Å². The lowest BCUT2D eigenvalue weighted by atomic mass is 9.84. The number of hydrogen-bond donors (Lipinski definition) is 1. The summed E-state index contributed by atoms with van der Waals surface area (Å²) >= 11 is 0. The molecule has 0 aromatic heterocycles. The zero-order valence-corrected chi connectivity index (χ0v) is 13.3. The largest absolute Gasteiger partial charge is 0.324 e. The van der Waals surface area contributed by atoms with E-state index in [4.69, 9.17) is 5.73 Å². The third-order valence-corrected chi connectivity index (χ3v) is 4.66. The fourth-order valence-corrected chi connectivity index (χ4v) is 3.43. The lowest BCUT2D eigenvalue weighted by molar-refractivity contribution is 0.324. The maximum Gasteiger partial charge on any atom is 0.0294 e. The standard InChI is InChI=1S/C19H31N/c1-15(2)14-17-8-11-18(12-9-17)19(20)13-10-16-6-4-3-5-7-16/h8-9,11-12,15-16,19H,3-7,10,13-14,20H2,1-2H3. The molecule has 1 aromatic rings. The molecule has 2 rings (SSSR count). The molecule has 0 spiro atoms. The molecule has 0 aliphatic heterocycles. The van der Waals surface area contributed by atoms with Crippen molar-refractivity contribution in [2.45, 2.75) is 71.3 Å². The van der Waals surface area contributed by atoms with Gasteiger partial charge in [0.05, 0.1) is 0 Å². The zero-order chi connectivity index (χ0) is 14.4. The van der Waals surface area contributed by atoms with Gasteiger partial charge in [-0.15, -0.1) is 0 Å². The van der Waals surface area contributed by atoms with Crippen molar-refractivity contribution in [3.63, 3.8) is 0 Å². The van der Waals surface area contributed by atoms with Gasteiger partial charge in [0.1, 0.15) is 0 Å². The first-order valence-electron chi connectivity index (χ1n) is 8.49. The summed E-state index contributed by atoms with van der Waals surface area (Å²) in [6.07, 6.45) is 10.8. The second kappa shape index (κ2) is 7.83. The van der Waals surface area contributed by atoms with Crippen LogP contribution in [0, 0.1) is 11.8 Å². The van der Waals surface area contributed by atoms with E-state index in [1.807, 2.05) is 0 Å². The lowest BCUT2D eigenvalue weighted by Gasteiger charge is -2.23. The van der Waals surface area contributed by atoms with Crippen molar-refractivity contribution in [3.05, 3.63) is 35.4 Å². The zero-order valence-electron chi connectivity index (χ0n) is 13.3. The third kappa shape index (κ3) is 4.94. The van der Waals surface area contributed by atoms with E-state index < -0.39 is 0 Å². The van der Waals surface area contributed by atoms with Gasteiger partial charge >= 0.3 is 0 Å². The fraction of sp³-hybridized carbons (Fsp3) is 0.684. The average Bonchev–Trinajstić information content (AvgIpc) is 2.46. The van der Waals surface area contributed by atoms with Gasteiger partial charge in [-0.25, -0.2) is 0 Å². The summed E-state index contributed by atoms with van der Waals surface area (Å²) in [5.74, 6) is 1.66. The van der Waals surface area contributed by atoms with E-state index >= 15 is 0 Å². The van der Waals surface area contributed by atoms with Gasteiger partial charge in [0.2, 0.25) is 0 Å². The Labute approximate surface area is 125 Å². The van der Waals surface area contributed by atoms with E-state index in [1.165, 1.54) is 49.7 Å². The second-order valence-corrected chi connectivity index (χ2v) is 7.03. The van der Waals surface area contributed by atoms with E-state index in [2.05, 4.69) is 38.1 Å². The highest BCUT2D eigenvalue weighted by Gasteiger charge is 2.15. The minimum absolute atomic E-state index is 0.227. The SMILES string of the molecule is CC(C)Cc1ccc(C(N)CCC2CCCCC2)cc1. The van der Waals surface area contributed by atoms with Gasteiger partial charge in [0.25, 0.3) is 0 Å². The van der Waals surface area contributed by atoms with E-state index in [0.717, 1.165) is 24.7 Å². The normalized spacial score (nSPS) is 18.4. The van der Waals surface area contributed by atoms with Crippen LogP contribution in [0.4, 0.5) is 0 Å². The second-order valence-electron chi connectivity index (χ2n) is 7.03.